The largest absolute Gasteiger partial charge is 0.462 e. The molecule has 1 rings (SSSR count). The molecule has 0 bridgehead atoms. The maximum Gasteiger partial charge on any atom is 0.341 e. The van der Waals surface area contributed by atoms with Crippen LogP contribution in [0.3, 0.4) is 0 Å². The molecule has 3 nitrogen and oxygen atoms in total. The fourth-order valence-electron chi connectivity index (χ4n) is 0.998. The zero-order chi connectivity index (χ0) is 10.6. The Hall–Kier alpha value is -0.610. The molecule has 0 unspecified atom stereocenters. The van der Waals surface area contributed by atoms with Gasteiger partial charge in [0.05, 0.1) is 17.3 Å². The molecule has 0 saturated heterocycles. The Labute approximate surface area is 95.6 Å². The number of nitrogens with zero attached hydrogens (tertiary/aromatic N) is 1. The van der Waals surface area contributed by atoms with Gasteiger partial charge in [0.15, 0.2) is 0 Å². The van der Waals surface area contributed by atoms with Crippen LogP contribution in [-0.4, -0.2) is 17.6 Å². The molecule has 0 aliphatic carbocycles. The zero-order valence-corrected chi connectivity index (χ0v) is 9.93. The summed E-state index contributed by atoms with van der Waals surface area (Å²) < 4.78 is 4.87. The van der Waals surface area contributed by atoms with Gasteiger partial charge in [-0.05, 0) is 13.0 Å². The van der Waals surface area contributed by atoms with Gasteiger partial charge in [-0.15, -0.1) is 0 Å². The Kier molecular flexibility index (Phi) is 4.35. The zero-order valence-electron chi connectivity index (χ0n) is 7.59. The first kappa shape index (κ1) is 11.5. The number of hydrogen-bond acceptors (Lipinski definition) is 3. The van der Waals surface area contributed by atoms with Crippen molar-refractivity contribution in [3.63, 3.8) is 0 Å². The van der Waals surface area contributed by atoms with Gasteiger partial charge in [0.25, 0.3) is 0 Å². The van der Waals surface area contributed by atoms with Crippen LogP contribution in [0.5, 0.6) is 0 Å². The second-order valence-corrected chi connectivity index (χ2v) is 3.44. The number of rotatable bonds is 3. The molecule has 0 aromatic carbocycles. The van der Waals surface area contributed by atoms with Gasteiger partial charge in [-0.25, -0.2) is 4.79 Å². The van der Waals surface area contributed by atoms with Gasteiger partial charge in [0.2, 0.25) is 0 Å². The van der Waals surface area contributed by atoms with Gasteiger partial charge in [-0.3, -0.25) is 4.98 Å². The average molecular weight is 279 g/mol. The number of carbonyl (C=O) groups excluding carboxylic acids is 1. The van der Waals surface area contributed by atoms with E-state index in [9.17, 15) is 4.79 Å². The highest BCUT2D eigenvalue weighted by molar-refractivity contribution is 9.08. The van der Waals surface area contributed by atoms with E-state index in [4.69, 9.17) is 16.3 Å². The summed E-state index contributed by atoms with van der Waals surface area (Å²) in [5.41, 5.74) is 0.934. The molecule has 0 atom stereocenters. The van der Waals surface area contributed by atoms with E-state index in [0.29, 0.717) is 28.2 Å². The maximum absolute atomic E-state index is 11.5. The number of esters is 1. The Morgan fingerprint density at radius 1 is 1.71 bits per heavy atom. The van der Waals surface area contributed by atoms with Crippen LogP contribution in [0, 0.1) is 0 Å². The second-order valence-electron chi connectivity index (χ2n) is 2.47. The third-order valence-electron chi connectivity index (χ3n) is 1.58. The van der Waals surface area contributed by atoms with E-state index in [2.05, 4.69) is 20.9 Å². The quantitative estimate of drug-likeness (QED) is 0.630. The minimum absolute atomic E-state index is 0.325. The second kappa shape index (κ2) is 5.32. The van der Waals surface area contributed by atoms with Gasteiger partial charge < -0.3 is 4.74 Å². The van der Waals surface area contributed by atoms with E-state index in [1.807, 2.05) is 0 Å². The molecular weight excluding hydrogens is 269 g/mol. The van der Waals surface area contributed by atoms with E-state index in [1.54, 1.807) is 19.2 Å². The number of pyridine rings is 1. The molecule has 0 amide bonds. The lowest BCUT2D eigenvalue weighted by Gasteiger charge is -2.06. The van der Waals surface area contributed by atoms with Crippen molar-refractivity contribution in [3.05, 3.63) is 28.5 Å². The van der Waals surface area contributed by atoms with Crippen LogP contribution in [0.1, 0.15) is 23.0 Å². The molecule has 0 aliphatic heterocycles. The molecule has 0 radical (unpaired) electrons. The first-order valence-corrected chi connectivity index (χ1v) is 5.57. The summed E-state index contributed by atoms with van der Waals surface area (Å²) in [6.07, 6.45) is 1.56. The standard InChI is InChI=1S/C9H9BrClNO2/c1-2-14-9(13)8-6(11)3-4-12-7(8)5-10/h3-4H,2,5H2,1H3. The van der Waals surface area contributed by atoms with Crippen LogP contribution in [0.2, 0.25) is 5.02 Å². The molecule has 0 spiro atoms. The van der Waals surface area contributed by atoms with Crippen LogP contribution in [0.15, 0.2) is 12.3 Å². The first-order valence-electron chi connectivity index (χ1n) is 4.07. The lowest BCUT2D eigenvalue weighted by atomic mass is 10.2. The highest BCUT2D eigenvalue weighted by atomic mass is 79.9. The molecule has 0 aliphatic rings. The Bertz CT molecular complexity index is 344. The fourth-order valence-corrected chi connectivity index (χ4v) is 1.67. The molecule has 5 heteroatoms. The summed E-state index contributed by atoms with van der Waals surface area (Å²) in [6, 6.07) is 1.57. The predicted octanol–water partition coefficient (Wildman–Crippen LogP) is 2.81. The van der Waals surface area contributed by atoms with Crippen molar-refractivity contribution in [1.29, 1.82) is 0 Å². The molecular formula is C9H9BrClNO2. The van der Waals surface area contributed by atoms with Gasteiger partial charge in [0, 0.05) is 11.5 Å². The van der Waals surface area contributed by atoms with Crippen molar-refractivity contribution in [1.82, 2.24) is 4.98 Å². The summed E-state index contributed by atoms with van der Waals surface area (Å²) in [4.78, 5) is 15.5. The van der Waals surface area contributed by atoms with Crippen molar-refractivity contribution < 1.29 is 9.53 Å². The molecule has 0 saturated carbocycles. The lowest BCUT2D eigenvalue weighted by Crippen LogP contribution is -2.09. The summed E-state index contributed by atoms with van der Waals surface area (Å²) in [5, 5.41) is 0.842. The molecule has 1 aromatic rings. The number of ether oxygens (including phenoxy) is 1. The van der Waals surface area contributed by atoms with Gasteiger partial charge in [0.1, 0.15) is 5.56 Å². The first-order chi connectivity index (χ1) is 6.70. The molecule has 14 heavy (non-hydrogen) atoms. The number of alkyl halides is 1. The number of halogens is 2. The van der Waals surface area contributed by atoms with Gasteiger partial charge >= 0.3 is 5.97 Å². The Morgan fingerprint density at radius 2 is 2.43 bits per heavy atom. The highest BCUT2D eigenvalue weighted by Gasteiger charge is 2.16. The molecule has 0 fully saturated rings. The monoisotopic (exact) mass is 277 g/mol. The Morgan fingerprint density at radius 3 is 3.00 bits per heavy atom. The van der Waals surface area contributed by atoms with Crippen LogP contribution in [0.4, 0.5) is 0 Å². The molecule has 76 valence electrons. The molecule has 1 heterocycles. The van der Waals surface area contributed by atoms with Crippen LogP contribution < -0.4 is 0 Å². The van der Waals surface area contributed by atoms with E-state index in [-0.39, 0.29) is 0 Å². The summed E-state index contributed by atoms with van der Waals surface area (Å²) in [6.45, 7) is 2.07. The SMILES string of the molecule is CCOC(=O)c1c(Cl)ccnc1CBr. The van der Waals surface area contributed by atoms with Crippen LogP contribution in [0.25, 0.3) is 0 Å². The fraction of sp³-hybridized carbons (Fsp3) is 0.333. The molecule has 0 N–H and O–H groups in total. The number of hydrogen-bond donors (Lipinski definition) is 0. The van der Waals surface area contributed by atoms with Crippen LogP contribution >= 0.6 is 27.5 Å². The smallest absolute Gasteiger partial charge is 0.341 e. The van der Waals surface area contributed by atoms with E-state index in [0.717, 1.165) is 0 Å². The van der Waals surface area contributed by atoms with Crippen molar-refractivity contribution in [2.24, 2.45) is 0 Å². The number of carbonyl (C=O) groups is 1. The van der Waals surface area contributed by atoms with Crippen molar-refractivity contribution in [3.8, 4) is 0 Å². The van der Waals surface area contributed by atoms with Gasteiger partial charge in [-0.2, -0.15) is 0 Å². The summed E-state index contributed by atoms with van der Waals surface area (Å²) >= 11 is 9.11. The summed E-state index contributed by atoms with van der Waals surface area (Å²) in [5.74, 6) is -0.431. The normalized spacial score (nSPS) is 9.93. The average Bonchev–Trinajstić information content (AvgIpc) is 2.17. The molecule has 1 aromatic heterocycles. The Balaban J connectivity index is 3.10. The highest BCUT2D eigenvalue weighted by Crippen LogP contribution is 2.20. The van der Waals surface area contributed by atoms with E-state index < -0.39 is 5.97 Å². The van der Waals surface area contributed by atoms with Crippen molar-refractivity contribution in [2.45, 2.75) is 12.3 Å². The van der Waals surface area contributed by atoms with E-state index in [1.165, 1.54) is 0 Å². The minimum Gasteiger partial charge on any atom is -0.462 e. The van der Waals surface area contributed by atoms with E-state index >= 15 is 0 Å². The number of aromatic nitrogens is 1. The third kappa shape index (κ3) is 2.45. The van der Waals surface area contributed by atoms with Crippen LogP contribution in [-0.2, 0) is 10.1 Å². The predicted molar refractivity (Wildman–Crippen MR) is 57.8 cm³/mol. The topological polar surface area (TPSA) is 39.2 Å². The maximum atomic E-state index is 11.5. The van der Waals surface area contributed by atoms with Crippen molar-refractivity contribution >= 4 is 33.5 Å². The lowest BCUT2D eigenvalue weighted by molar-refractivity contribution is 0.0525. The minimum atomic E-state index is -0.431. The summed E-state index contributed by atoms with van der Waals surface area (Å²) in [7, 11) is 0. The third-order valence-corrected chi connectivity index (χ3v) is 2.43. The van der Waals surface area contributed by atoms with Crippen molar-refractivity contribution in [2.75, 3.05) is 6.61 Å². The van der Waals surface area contributed by atoms with Gasteiger partial charge in [-0.1, -0.05) is 27.5 Å².